The normalized spacial score (nSPS) is 24.7. The maximum absolute atomic E-state index is 11.1. The molecule has 74 valence electrons. The number of hydrogen-bond donors (Lipinski definition) is 1. The van der Waals surface area contributed by atoms with Crippen LogP contribution in [0, 0.1) is 9.49 Å². The van der Waals surface area contributed by atoms with Gasteiger partial charge in [0.05, 0.1) is 5.92 Å². The molecule has 0 radical (unpaired) electrons. The number of carboxylic acid groups (broad SMARTS) is 1. The smallest absolute Gasteiger partial charge is 0.311 e. The lowest BCUT2D eigenvalue weighted by Crippen LogP contribution is -2.15. The zero-order valence-electron chi connectivity index (χ0n) is 7.83. The van der Waals surface area contributed by atoms with E-state index in [1.807, 2.05) is 25.1 Å². The Hall–Kier alpha value is -0.580. The minimum atomic E-state index is -0.694. The SMILES string of the molecule is C[C@@H]1Cc2cccc(I)c2[C@H]1C(=O)O. The van der Waals surface area contributed by atoms with Crippen molar-refractivity contribution in [3.05, 3.63) is 32.9 Å². The van der Waals surface area contributed by atoms with Gasteiger partial charge in [0.15, 0.2) is 0 Å². The van der Waals surface area contributed by atoms with Crippen LogP contribution in [0.5, 0.6) is 0 Å². The van der Waals surface area contributed by atoms with Crippen molar-refractivity contribution in [2.75, 3.05) is 0 Å². The summed E-state index contributed by atoms with van der Waals surface area (Å²) in [4.78, 5) is 11.1. The summed E-state index contributed by atoms with van der Waals surface area (Å²) in [6.45, 7) is 2.01. The van der Waals surface area contributed by atoms with Crippen LogP contribution >= 0.6 is 22.6 Å². The van der Waals surface area contributed by atoms with Crippen molar-refractivity contribution in [1.29, 1.82) is 0 Å². The molecular weight excluding hydrogens is 291 g/mol. The van der Waals surface area contributed by atoms with Crippen molar-refractivity contribution in [1.82, 2.24) is 0 Å². The first-order valence-electron chi connectivity index (χ1n) is 4.61. The third kappa shape index (κ3) is 1.43. The van der Waals surface area contributed by atoms with Crippen LogP contribution in [0.1, 0.15) is 24.0 Å². The van der Waals surface area contributed by atoms with Crippen LogP contribution in [0.25, 0.3) is 0 Å². The molecule has 0 spiro atoms. The number of hydrogen-bond acceptors (Lipinski definition) is 1. The Kier molecular flexibility index (Phi) is 2.51. The molecule has 3 heteroatoms. The second kappa shape index (κ2) is 3.53. The Balaban J connectivity index is 2.55. The van der Waals surface area contributed by atoms with Crippen LogP contribution in [-0.2, 0) is 11.2 Å². The topological polar surface area (TPSA) is 37.3 Å². The van der Waals surface area contributed by atoms with Gasteiger partial charge in [0, 0.05) is 3.57 Å². The summed E-state index contributed by atoms with van der Waals surface area (Å²) in [6, 6.07) is 6.02. The molecule has 2 nitrogen and oxygen atoms in total. The zero-order valence-corrected chi connectivity index (χ0v) is 9.98. The van der Waals surface area contributed by atoms with Crippen LogP contribution in [-0.4, -0.2) is 11.1 Å². The van der Waals surface area contributed by atoms with E-state index >= 15 is 0 Å². The van der Waals surface area contributed by atoms with E-state index in [4.69, 9.17) is 5.11 Å². The Bertz CT molecular complexity index is 387. The van der Waals surface area contributed by atoms with Crippen molar-refractivity contribution in [3.63, 3.8) is 0 Å². The quantitative estimate of drug-likeness (QED) is 0.810. The molecule has 0 bridgehead atoms. The summed E-state index contributed by atoms with van der Waals surface area (Å²) in [5.74, 6) is -0.781. The van der Waals surface area contributed by atoms with Crippen molar-refractivity contribution in [3.8, 4) is 0 Å². The highest BCUT2D eigenvalue weighted by Gasteiger charge is 2.35. The maximum Gasteiger partial charge on any atom is 0.311 e. The fourth-order valence-corrected chi connectivity index (χ4v) is 3.11. The second-order valence-corrected chi connectivity index (χ2v) is 4.97. The predicted molar refractivity (Wildman–Crippen MR) is 62.4 cm³/mol. The monoisotopic (exact) mass is 302 g/mol. The molecule has 0 aromatic heterocycles. The van der Waals surface area contributed by atoms with Crippen molar-refractivity contribution in [2.45, 2.75) is 19.3 Å². The van der Waals surface area contributed by atoms with Gasteiger partial charge in [0.2, 0.25) is 0 Å². The number of fused-ring (bicyclic) bond motifs is 1. The number of benzene rings is 1. The Morgan fingerprint density at radius 1 is 1.57 bits per heavy atom. The molecule has 1 aromatic carbocycles. The van der Waals surface area contributed by atoms with Gasteiger partial charge in [-0.2, -0.15) is 0 Å². The molecule has 0 saturated carbocycles. The number of aliphatic carboxylic acids is 1. The van der Waals surface area contributed by atoms with Crippen LogP contribution in [0.2, 0.25) is 0 Å². The Morgan fingerprint density at radius 2 is 2.29 bits per heavy atom. The number of rotatable bonds is 1. The van der Waals surface area contributed by atoms with Gasteiger partial charge in [-0.15, -0.1) is 0 Å². The molecule has 2 atom stereocenters. The van der Waals surface area contributed by atoms with Gasteiger partial charge in [-0.05, 0) is 52.1 Å². The lowest BCUT2D eigenvalue weighted by Gasteiger charge is -2.11. The molecule has 0 saturated heterocycles. The molecule has 0 fully saturated rings. The first kappa shape index (κ1) is 9.96. The molecule has 1 aliphatic rings. The number of halogens is 1. The van der Waals surface area contributed by atoms with Gasteiger partial charge < -0.3 is 5.11 Å². The molecule has 1 aromatic rings. The van der Waals surface area contributed by atoms with E-state index in [0.29, 0.717) is 0 Å². The summed E-state index contributed by atoms with van der Waals surface area (Å²) >= 11 is 2.22. The van der Waals surface area contributed by atoms with E-state index < -0.39 is 5.97 Å². The van der Waals surface area contributed by atoms with Crippen LogP contribution in [0.15, 0.2) is 18.2 Å². The highest BCUT2D eigenvalue weighted by Crippen LogP contribution is 2.40. The highest BCUT2D eigenvalue weighted by molar-refractivity contribution is 14.1. The molecule has 0 amide bonds. The van der Waals surface area contributed by atoms with E-state index in [-0.39, 0.29) is 11.8 Å². The van der Waals surface area contributed by atoms with Gasteiger partial charge in [0.25, 0.3) is 0 Å². The first-order valence-corrected chi connectivity index (χ1v) is 5.69. The summed E-state index contributed by atoms with van der Waals surface area (Å²) < 4.78 is 1.08. The van der Waals surface area contributed by atoms with Crippen molar-refractivity contribution < 1.29 is 9.90 Å². The van der Waals surface area contributed by atoms with Crippen LogP contribution in [0.3, 0.4) is 0 Å². The van der Waals surface area contributed by atoms with Crippen LogP contribution in [0.4, 0.5) is 0 Å². The first-order chi connectivity index (χ1) is 6.61. The molecule has 0 unspecified atom stereocenters. The van der Waals surface area contributed by atoms with E-state index in [2.05, 4.69) is 22.6 Å². The number of carboxylic acids is 1. The lowest BCUT2D eigenvalue weighted by molar-refractivity contribution is -0.139. The number of carbonyl (C=O) groups is 1. The molecule has 0 aliphatic heterocycles. The largest absolute Gasteiger partial charge is 0.481 e. The van der Waals surface area contributed by atoms with Gasteiger partial charge in [0.1, 0.15) is 0 Å². The molecule has 1 aliphatic carbocycles. The van der Waals surface area contributed by atoms with Crippen molar-refractivity contribution in [2.24, 2.45) is 5.92 Å². The molecule has 1 N–H and O–H groups in total. The standard InChI is InChI=1S/C11H11IO2/c1-6-5-7-3-2-4-8(12)10(7)9(6)11(13)14/h2-4,6,9H,5H2,1H3,(H,13,14)/t6-,9+/m1/s1. The van der Waals surface area contributed by atoms with E-state index in [0.717, 1.165) is 15.6 Å². The zero-order chi connectivity index (χ0) is 10.3. The summed E-state index contributed by atoms with van der Waals surface area (Å²) in [7, 11) is 0. The maximum atomic E-state index is 11.1. The second-order valence-electron chi connectivity index (χ2n) is 3.81. The molecule has 14 heavy (non-hydrogen) atoms. The summed E-state index contributed by atoms with van der Waals surface area (Å²) in [5.41, 5.74) is 2.24. The van der Waals surface area contributed by atoms with Crippen molar-refractivity contribution >= 4 is 28.6 Å². The van der Waals surface area contributed by atoms with Crippen LogP contribution < -0.4 is 0 Å². The molecule has 0 heterocycles. The molecular formula is C11H11IO2. The fourth-order valence-electron chi connectivity index (χ4n) is 2.22. The van der Waals surface area contributed by atoms with Gasteiger partial charge in [-0.1, -0.05) is 19.1 Å². The lowest BCUT2D eigenvalue weighted by atomic mass is 9.94. The van der Waals surface area contributed by atoms with E-state index in [9.17, 15) is 4.79 Å². The third-order valence-electron chi connectivity index (χ3n) is 2.83. The van der Waals surface area contributed by atoms with Gasteiger partial charge in [-0.3, -0.25) is 4.79 Å². The minimum absolute atomic E-state index is 0.221. The van der Waals surface area contributed by atoms with Gasteiger partial charge in [-0.25, -0.2) is 0 Å². The Labute approximate surface area is 96.5 Å². The molecule has 2 rings (SSSR count). The van der Waals surface area contributed by atoms with E-state index in [1.165, 1.54) is 5.56 Å². The predicted octanol–water partition coefficient (Wildman–Crippen LogP) is 2.65. The fraction of sp³-hybridized carbons (Fsp3) is 0.364. The average Bonchev–Trinajstić information content (AvgIpc) is 2.42. The summed E-state index contributed by atoms with van der Waals surface area (Å²) in [6.07, 6.45) is 0.892. The van der Waals surface area contributed by atoms with E-state index in [1.54, 1.807) is 0 Å². The highest BCUT2D eigenvalue weighted by atomic mass is 127. The Morgan fingerprint density at radius 3 is 2.93 bits per heavy atom. The summed E-state index contributed by atoms with van der Waals surface area (Å²) in [5, 5.41) is 9.15. The average molecular weight is 302 g/mol. The van der Waals surface area contributed by atoms with Gasteiger partial charge >= 0.3 is 5.97 Å². The third-order valence-corrected chi connectivity index (χ3v) is 3.77. The minimum Gasteiger partial charge on any atom is -0.481 e.